The fraction of sp³-hybridized carbons (Fsp3) is 0.500. The van der Waals surface area contributed by atoms with Crippen LogP contribution >= 0.6 is 35.3 Å². The Balaban J connectivity index is 0.00000225. The fourth-order valence-electron chi connectivity index (χ4n) is 3.92. The average Bonchev–Trinajstić information content (AvgIpc) is 3.31. The molecule has 6 heteroatoms. The zero-order chi connectivity index (χ0) is 18.5. The van der Waals surface area contributed by atoms with Crippen LogP contribution in [0.15, 0.2) is 52.8 Å². The molecule has 1 aromatic heterocycles. The number of benzene rings is 1. The minimum Gasteiger partial charge on any atom is -0.363 e. The molecule has 1 saturated carbocycles. The summed E-state index contributed by atoms with van der Waals surface area (Å²) in [5, 5.41) is 10.7. The molecule has 1 aromatic carbocycles. The van der Waals surface area contributed by atoms with Gasteiger partial charge in [0.1, 0.15) is 0 Å². The Bertz CT molecular complexity index is 735. The van der Waals surface area contributed by atoms with Crippen molar-refractivity contribution in [3.63, 3.8) is 0 Å². The molecule has 0 bridgehead atoms. The van der Waals surface area contributed by atoms with Crippen LogP contribution in [0, 0.1) is 0 Å². The minimum atomic E-state index is 0. The maximum absolute atomic E-state index is 4.97. The quantitative estimate of drug-likeness (QED) is 0.339. The van der Waals surface area contributed by atoms with E-state index in [0.29, 0.717) is 6.04 Å². The third kappa shape index (κ3) is 5.20. The van der Waals surface area contributed by atoms with Crippen molar-refractivity contribution in [1.29, 1.82) is 0 Å². The molecule has 1 saturated heterocycles. The van der Waals surface area contributed by atoms with Gasteiger partial charge in [0.05, 0.1) is 11.5 Å². The SMILES string of the molecule is CCNC(=NCC1(c2ccccc2)CC1)NC1CCN(c2cccs2)CC1.I. The van der Waals surface area contributed by atoms with Crippen molar-refractivity contribution in [2.75, 3.05) is 31.1 Å². The Labute approximate surface area is 189 Å². The van der Waals surface area contributed by atoms with Gasteiger partial charge in [0, 0.05) is 31.1 Å². The van der Waals surface area contributed by atoms with Crippen LogP contribution in [-0.2, 0) is 5.41 Å². The monoisotopic (exact) mass is 510 g/mol. The summed E-state index contributed by atoms with van der Waals surface area (Å²) in [6.07, 6.45) is 4.82. The molecule has 0 atom stereocenters. The van der Waals surface area contributed by atoms with E-state index in [1.807, 2.05) is 11.3 Å². The van der Waals surface area contributed by atoms with Gasteiger partial charge in [-0.05, 0) is 55.7 Å². The maximum atomic E-state index is 4.97. The van der Waals surface area contributed by atoms with Crippen LogP contribution in [0.5, 0.6) is 0 Å². The summed E-state index contributed by atoms with van der Waals surface area (Å²) in [7, 11) is 0. The van der Waals surface area contributed by atoms with Gasteiger partial charge in [-0.25, -0.2) is 0 Å². The first-order valence-corrected chi connectivity index (χ1v) is 11.1. The maximum Gasteiger partial charge on any atom is 0.191 e. The van der Waals surface area contributed by atoms with Crippen molar-refractivity contribution >= 4 is 46.3 Å². The molecule has 4 rings (SSSR count). The molecule has 0 amide bonds. The lowest BCUT2D eigenvalue weighted by atomic mass is 9.96. The van der Waals surface area contributed by atoms with Gasteiger partial charge in [0.15, 0.2) is 5.96 Å². The van der Waals surface area contributed by atoms with Crippen molar-refractivity contribution in [3.05, 3.63) is 53.4 Å². The van der Waals surface area contributed by atoms with Crippen LogP contribution in [0.25, 0.3) is 0 Å². The lowest BCUT2D eigenvalue weighted by Gasteiger charge is -2.33. The molecule has 28 heavy (non-hydrogen) atoms. The molecule has 4 nitrogen and oxygen atoms in total. The zero-order valence-corrected chi connectivity index (χ0v) is 19.7. The zero-order valence-electron chi connectivity index (χ0n) is 16.6. The molecule has 1 aliphatic carbocycles. The van der Waals surface area contributed by atoms with E-state index in [2.05, 4.69) is 70.3 Å². The number of nitrogens with one attached hydrogen (secondary N) is 2. The molecule has 2 aromatic rings. The third-order valence-corrected chi connectivity index (χ3v) is 6.71. The highest BCUT2D eigenvalue weighted by molar-refractivity contribution is 14.0. The number of hydrogen-bond donors (Lipinski definition) is 2. The van der Waals surface area contributed by atoms with Crippen molar-refractivity contribution < 1.29 is 0 Å². The van der Waals surface area contributed by atoms with Crippen LogP contribution in [0.2, 0.25) is 0 Å². The number of aliphatic imine (C=N–C) groups is 1. The summed E-state index contributed by atoms with van der Waals surface area (Å²) in [6, 6.07) is 15.8. The van der Waals surface area contributed by atoms with Gasteiger partial charge in [-0.1, -0.05) is 30.3 Å². The van der Waals surface area contributed by atoms with Crippen molar-refractivity contribution in [1.82, 2.24) is 10.6 Å². The van der Waals surface area contributed by atoms with E-state index in [1.165, 1.54) is 23.4 Å². The molecule has 0 spiro atoms. The largest absolute Gasteiger partial charge is 0.363 e. The summed E-state index contributed by atoms with van der Waals surface area (Å²) in [4.78, 5) is 7.47. The Hall–Kier alpha value is -1.28. The van der Waals surface area contributed by atoms with E-state index in [1.54, 1.807) is 0 Å². The van der Waals surface area contributed by atoms with Crippen molar-refractivity contribution in [3.8, 4) is 0 Å². The first-order valence-electron chi connectivity index (χ1n) is 10.2. The highest BCUT2D eigenvalue weighted by Gasteiger charge is 2.44. The number of thiophene rings is 1. The standard InChI is InChI=1S/C22H30N4S.HI/c1-2-23-21(24-17-22(12-13-22)18-7-4-3-5-8-18)25-19-10-14-26(15-11-19)20-9-6-16-27-20;/h3-9,16,19H,2,10-15,17H2,1H3,(H2,23,24,25);1H. The topological polar surface area (TPSA) is 39.7 Å². The number of halogens is 1. The number of anilines is 1. The van der Waals surface area contributed by atoms with Crippen LogP contribution < -0.4 is 15.5 Å². The van der Waals surface area contributed by atoms with E-state index in [-0.39, 0.29) is 29.4 Å². The Morgan fingerprint density at radius 3 is 2.50 bits per heavy atom. The first-order chi connectivity index (χ1) is 13.3. The van der Waals surface area contributed by atoms with E-state index >= 15 is 0 Å². The van der Waals surface area contributed by atoms with Gasteiger partial charge in [0.25, 0.3) is 0 Å². The first kappa shape index (κ1) is 21.4. The van der Waals surface area contributed by atoms with Crippen molar-refractivity contribution in [2.24, 2.45) is 4.99 Å². The van der Waals surface area contributed by atoms with Crippen LogP contribution in [0.3, 0.4) is 0 Å². The molecular formula is C22H31IN4S. The van der Waals surface area contributed by atoms with Crippen LogP contribution in [-0.4, -0.2) is 38.2 Å². The highest BCUT2D eigenvalue weighted by atomic mass is 127. The lowest BCUT2D eigenvalue weighted by molar-refractivity contribution is 0.462. The summed E-state index contributed by atoms with van der Waals surface area (Å²) in [5.74, 6) is 0.981. The van der Waals surface area contributed by atoms with E-state index in [9.17, 15) is 0 Å². The average molecular weight is 510 g/mol. The molecule has 2 aliphatic rings. The van der Waals surface area contributed by atoms with Crippen LogP contribution in [0.1, 0.15) is 38.2 Å². The van der Waals surface area contributed by atoms with Gasteiger partial charge in [0.2, 0.25) is 0 Å². The summed E-state index contributed by atoms with van der Waals surface area (Å²) in [6.45, 7) is 6.15. The fourth-order valence-corrected chi connectivity index (χ4v) is 4.70. The number of rotatable bonds is 6. The highest BCUT2D eigenvalue weighted by Crippen LogP contribution is 2.48. The predicted molar refractivity (Wildman–Crippen MR) is 131 cm³/mol. The third-order valence-electron chi connectivity index (χ3n) is 5.78. The van der Waals surface area contributed by atoms with E-state index in [0.717, 1.165) is 45.0 Å². The van der Waals surface area contributed by atoms with Crippen molar-refractivity contribution in [2.45, 2.75) is 44.1 Å². The number of hydrogen-bond acceptors (Lipinski definition) is 3. The van der Waals surface area contributed by atoms with Gasteiger partial charge >= 0.3 is 0 Å². The second kappa shape index (κ2) is 9.96. The molecule has 2 fully saturated rings. The van der Waals surface area contributed by atoms with E-state index < -0.39 is 0 Å². The normalized spacial score (nSPS) is 19.0. The molecule has 0 unspecified atom stereocenters. The van der Waals surface area contributed by atoms with Crippen LogP contribution in [0.4, 0.5) is 5.00 Å². The van der Waals surface area contributed by atoms with E-state index in [4.69, 9.17) is 4.99 Å². The lowest BCUT2D eigenvalue weighted by Crippen LogP contribution is -2.48. The summed E-state index contributed by atoms with van der Waals surface area (Å²) >= 11 is 1.84. The second-order valence-corrected chi connectivity index (χ2v) is 8.62. The number of piperidine rings is 1. The number of nitrogens with zero attached hydrogens (tertiary/aromatic N) is 2. The van der Waals surface area contributed by atoms with Gasteiger partial charge in [-0.3, -0.25) is 4.99 Å². The molecule has 2 heterocycles. The molecule has 0 radical (unpaired) electrons. The van der Waals surface area contributed by atoms with Gasteiger partial charge in [-0.15, -0.1) is 35.3 Å². The minimum absolute atomic E-state index is 0. The predicted octanol–water partition coefficient (Wildman–Crippen LogP) is 4.62. The Morgan fingerprint density at radius 2 is 1.89 bits per heavy atom. The smallest absolute Gasteiger partial charge is 0.191 e. The summed E-state index contributed by atoms with van der Waals surface area (Å²) in [5.41, 5.74) is 1.71. The molecule has 2 N–H and O–H groups in total. The second-order valence-electron chi connectivity index (χ2n) is 7.70. The molecular weight excluding hydrogens is 479 g/mol. The Morgan fingerprint density at radius 1 is 1.14 bits per heavy atom. The number of guanidine groups is 1. The van der Waals surface area contributed by atoms with Gasteiger partial charge < -0.3 is 15.5 Å². The summed E-state index contributed by atoms with van der Waals surface area (Å²) < 4.78 is 0. The van der Waals surface area contributed by atoms with Gasteiger partial charge in [-0.2, -0.15) is 0 Å². The molecule has 1 aliphatic heterocycles. The Kier molecular flexibility index (Phi) is 7.62. The molecule has 152 valence electrons.